The lowest BCUT2D eigenvalue weighted by atomic mass is 10.2. The maximum Gasteiger partial charge on any atom is 0.260 e. The molecule has 1 aromatic carbocycles. The number of benzene rings is 1. The van der Waals surface area contributed by atoms with Gasteiger partial charge in [-0.05, 0) is 24.6 Å². The van der Waals surface area contributed by atoms with Crippen LogP contribution in [-0.4, -0.2) is 24.0 Å². The van der Waals surface area contributed by atoms with E-state index in [0.717, 1.165) is 17.9 Å². The fourth-order valence-corrected chi connectivity index (χ4v) is 2.43. The van der Waals surface area contributed by atoms with Gasteiger partial charge in [-0.1, -0.05) is 23.7 Å². The van der Waals surface area contributed by atoms with E-state index in [9.17, 15) is 4.79 Å². The molecule has 0 radical (unpaired) electrons. The van der Waals surface area contributed by atoms with Crippen molar-refractivity contribution < 1.29 is 9.53 Å². The molecule has 1 aliphatic rings. The zero-order valence-electron chi connectivity index (χ0n) is 10.8. The van der Waals surface area contributed by atoms with Gasteiger partial charge in [-0.15, -0.1) is 0 Å². The van der Waals surface area contributed by atoms with Crippen molar-refractivity contribution in [3.8, 4) is 5.75 Å². The maximum atomic E-state index is 12.7. The molecular formula is C15H13ClN2O2. The van der Waals surface area contributed by atoms with Gasteiger partial charge >= 0.3 is 0 Å². The lowest BCUT2D eigenvalue weighted by Crippen LogP contribution is -2.31. The van der Waals surface area contributed by atoms with Gasteiger partial charge in [0.15, 0.2) is 0 Å². The highest BCUT2D eigenvalue weighted by Crippen LogP contribution is 2.32. The van der Waals surface area contributed by atoms with Crippen LogP contribution >= 0.6 is 11.6 Å². The van der Waals surface area contributed by atoms with Crippen LogP contribution in [0.15, 0.2) is 42.7 Å². The molecule has 0 atom stereocenters. The molecule has 0 N–H and O–H groups in total. The number of aromatic nitrogens is 1. The van der Waals surface area contributed by atoms with E-state index in [2.05, 4.69) is 4.98 Å². The average molecular weight is 289 g/mol. The van der Waals surface area contributed by atoms with Gasteiger partial charge in [0.25, 0.3) is 5.91 Å². The van der Waals surface area contributed by atoms with E-state index in [-0.39, 0.29) is 5.91 Å². The molecule has 2 heterocycles. The number of nitrogens with zero attached hydrogens (tertiary/aromatic N) is 2. The molecule has 2 aromatic rings. The predicted molar refractivity (Wildman–Crippen MR) is 77.5 cm³/mol. The lowest BCUT2D eigenvalue weighted by molar-refractivity contribution is 0.0987. The third-order valence-electron chi connectivity index (χ3n) is 3.19. The van der Waals surface area contributed by atoms with E-state index >= 15 is 0 Å². The Labute approximate surface area is 122 Å². The Bertz CT molecular complexity index is 645. The number of para-hydroxylation sites is 2. The number of hydrogen-bond donors (Lipinski definition) is 0. The van der Waals surface area contributed by atoms with Crippen LogP contribution in [0.1, 0.15) is 16.8 Å². The zero-order valence-corrected chi connectivity index (χ0v) is 11.5. The minimum absolute atomic E-state index is 0.129. The van der Waals surface area contributed by atoms with E-state index in [1.165, 1.54) is 6.20 Å². The summed E-state index contributed by atoms with van der Waals surface area (Å²) in [4.78, 5) is 18.3. The fraction of sp³-hybridized carbons (Fsp3) is 0.200. The molecule has 0 spiro atoms. The third kappa shape index (κ3) is 2.34. The van der Waals surface area contributed by atoms with Gasteiger partial charge in [0.05, 0.1) is 22.9 Å². The second kappa shape index (κ2) is 5.51. The van der Waals surface area contributed by atoms with Crippen molar-refractivity contribution in [2.45, 2.75) is 6.42 Å². The first-order chi connectivity index (χ1) is 9.77. The van der Waals surface area contributed by atoms with E-state index in [0.29, 0.717) is 23.7 Å². The van der Waals surface area contributed by atoms with E-state index < -0.39 is 0 Å². The molecule has 0 saturated carbocycles. The van der Waals surface area contributed by atoms with Crippen LogP contribution in [0.5, 0.6) is 5.75 Å². The van der Waals surface area contributed by atoms with Crippen LogP contribution in [0.4, 0.5) is 5.69 Å². The lowest BCUT2D eigenvalue weighted by Gasteiger charge is -2.22. The normalized spacial score (nSPS) is 14.2. The smallest absolute Gasteiger partial charge is 0.260 e. The predicted octanol–water partition coefficient (Wildman–Crippen LogP) is 3.16. The summed E-state index contributed by atoms with van der Waals surface area (Å²) in [6.07, 6.45) is 3.83. The van der Waals surface area contributed by atoms with Crippen LogP contribution < -0.4 is 9.64 Å². The Kier molecular flexibility index (Phi) is 3.56. The topological polar surface area (TPSA) is 42.4 Å². The van der Waals surface area contributed by atoms with Gasteiger partial charge in [-0.3, -0.25) is 9.78 Å². The number of pyridine rings is 1. The average Bonchev–Trinajstić information content (AvgIpc) is 2.69. The van der Waals surface area contributed by atoms with E-state index in [1.54, 1.807) is 17.2 Å². The summed E-state index contributed by atoms with van der Waals surface area (Å²) in [5.74, 6) is 0.596. The Balaban J connectivity index is 2.02. The molecule has 0 unspecified atom stereocenters. The molecular weight excluding hydrogens is 276 g/mol. The molecule has 3 rings (SSSR count). The summed E-state index contributed by atoms with van der Waals surface area (Å²) in [7, 11) is 0. The second-order valence-electron chi connectivity index (χ2n) is 4.48. The van der Waals surface area contributed by atoms with Crippen LogP contribution in [0, 0.1) is 0 Å². The molecule has 0 fully saturated rings. The Morgan fingerprint density at radius 2 is 2.15 bits per heavy atom. The standard InChI is InChI=1S/C15H13ClN2O2/c16-12-10-17-7-6-11(12)15(19)18-8-3-9-20-14-5-2-1-4-13(14)18/h1-2,4-7,10H,3,8-9H2. The highest BCUT2D eigenvalue weighted by Gasteiger charge is 2.24. The first kappa shape index (κ1) is 12.9. The zero-order chi connectivity index (χ0) is 13.9. The number of amides is 1. The molecule has 4 nitrogen and oxygen atoms in total. The number of hydrogen-bond acceptors (Lipinski definition) is 3. The van der Waals surface area contributed by atoms with Crippen LogP contribution in [0.3, 0.4) is 0 Å². The van der Waals surface area contributed by atoms with Crippen molar-refractivity contribution in [1.82, 2.24) is 4.98 Å². The summed E-state index contributed by atoms with van der Waals surface area (Å²) in [6.45, 7) is 1.21. The molecule has 0 bridgehead atoms. The van der Waals surface area contributed by atoms with Gasteiger partial charge < -0.3 is 9.64 Å². The van der Waals surface area contributed by atoms with Crippen molar-refractivity contribution in [2.24, 2.45) is 0 Å². The molecule has 1 aliphatic heterocycles. The summed E-state index contributed by atoms with van der Waals surface area (Å²) >= 11 is 6.06. The van der Waals surface area contributed by atoms with Crippen LogP contribution in [0.2, 0.25) is 5.02 Å². The van der Waals surface area contributed by atoms with Gasteiger partial charge in [-0.2, -0.15) is 0 Å². The molecule has 5 heteroatoms. The monoisotopic (exact) mass is 288 g/mol. The highest BCUT2D eigenvalue weighted by molar-refractivity contribution is 6.34. The Hall–Kier alpha value is -2.07. The molecule has 20 heavy (non-hydrogen) atoms. The number of carbonyl (C=O) groups excluding carboxylic acids is 1. The quantitative estimate of drug-likeness (QED) is 0.809. The van der Waals surface area contributed by atoms with Gasteiger partial charge in [0.1, 0.15) is 5.75 Å². The SMILES string of the molecule is O=C(c1ccncc1Cl)N1CCCOc2ccccc21. The number of ether oxygens (including phenoxy) is 1. The van der Waals surface area contributed by atoms with Gasteiger partial charge in [0.2, 0.25) is 0 Å². The second-order valence-corrected chi connectivity index (χ2v) is 4.89. The number of halogens is 1. The van der Waals surface area contributed by atoms with E-state index in [1.807, 2.05) is 24.3 Å². The first-order valence-corrected chi connectivity index (χ1v) is 6.78. The van der Waals surface area contributed by atoms with Crippen LogP contribution in [-0.2, 0) is 0 Å². The number of anilines is 1. The first-order valence-electron chi connectivity index (χ1n) is 6.40. The number of carbonyl (C=O) groups is 1. The minimum Gasteiger partial charge on any atom is -0.491 e. The summed E-state index contributed by atoms with van der Waals surface area (Å²) in [6, 6.07) is 9.18. The fourth-order valence-electron chi connectivity index (χ4n) is 2.23. The van der Waals surface area contributed by atoms with Gasteiger partial charge in [-0.25, -0.2) is 0 Å². The molecule has 0 saturated heterocycles. The maximum absolute atomic E-state index is 12.7. The third-order valence-corrected chi connectivity index (χ3v) is 3.49. The molecule has 102 valence electrons. The van der Waals surface area contributed by atoms with Crippen molar-refractivity contribution in [2.75, 3.05) is 18.1 Å². The Morgan fingerprint density at radius 3 is 3.00 bits per heavy atom. The summed E-state index contributed by atoms with van der Waals surface area (Å²) < 4.78 is 5.66. The van der Waals surface area contributed by atoms with Crippen molar-refractivity contribution in [3.05, 3.63) is 53.3 Å². The molecule has 0 aliphatic carbocycles. The summed E-state index contributed by atoms with van der Waals surface area (Å²) in [5.41, 5.74) is 1.24. The number of fused-ring (bicyclic) bond motifs is 1. The van der Waals surface area contributed by atoms with E-state index in [4.69, 9.17) is 16.3 Å². The van der Waals surface area contributed by atoms with Crippen molar-refractivity contribution in [3.63, 3.8) is 0 Å². The van der Waals surface area contributed by atoms with Crippen molar-refractivity contribution >= 4 is 23.2 Å². The highest BCUT2D eigenvalue weighted by atomic mass is 35.5. The summed E-state index contributed by atoms with van der Waals surface area (Å²) in [5, 5.41) is 0.361. The van der Waals surface area contributed by atoms with Crippen LogP contribution in [0.25, 0.3) is 0 Å². The van der Waals surface area contributed by atoms with Crippen molar-refractivity contribution in [1.29, 1.82) is 0 Å². The Morgan fingerprint density at radius 1 is 1.30 bits per heavy atom. The van der Waals surface area contributed by atoms with Gasteiger partial charge in [0, 0.05) is 18.9 Å². The number of rotatable bonds is 1. The molecule has 1 amide bonds. The molecule has 1 aromatic heterocycles. The minimum atomic E-state index is -0.129. The largest absolute Gasteiger partial charge is 0.491 e.